The minimum absolute atomic E-state index is 0.244. The Morgan fingerprint density at radius 3 is 2.55 bits per heavy atom. The second-order valence-electron chi connectivity index (χ2n) is 3.74. The van der Waals surface area contributed by atoms with Crippen molar-refractivity contribution in [3.8, 4) is 0 Å². The number of nitrogens with two attached hydrogens (primary N) is 1. The number of halogens is 2. The van der Waals surface area contributed by atoms with E-state index in [9.17, 15) is 17.6 Å². The average Bonchev–Trinajstić information content (AvgIpc) is 2.77. The number of nitrogens with one attached hydrogen (secondary N) is 1. The average molecular weight is 379 g/mol. The first-order valence-electron chi connectivity index (χ1n) is 5.16. The fraction of sp³-hybridized carbons (Fsp3) is 0. The number of carbonyl (C=O) groups is 1. The molecule has 0 aliphatic heterocycles. The van der Waals surface area contributed by atoms with Gasteiger partial charge in [-0.2, -0.15) is 0 Å². The largest absolute Gasteiger partial charge is 0.319 e. The molecule has 1 aromatic carbocycles. The van der Waals surface area contributed by atoms with Crippen LogP contribution in [0.3, 0.4) is 0 Å². The standard InChI is InChI=1S/C11H8BrFN2O3S2/c12-10-4-3-9(19-10)11(16)15-8-5-6(20(14,17)18)1-2-7(8)13/h1-5H,(H,15,16)(H2,14,17,18). The van der Waals surface area contributed by atoms with Crippen LogP contribution in [-0.2, 0) is 10.0 Å². The van der Waals surface area contributed by atoms with Gasteiger partial charge in [0.25, 0.3) is 5.91 Å². The lowest BCUT2D eigenvalue weighted by molar-refractivity contribution is 0.103. The van der Waals surface area contributed by atoms with Crippen molar-refractivity contribution in [2.75, 3.05) is 5.32 Å². The van der Waals surface area contributed by atoms with Gasteiger partial charge < -0.3 is 5.32 Å². The van der Waals surface area contributed by atoms with Crippen molar-refractivity contribution in [3.05, 3.63) is 44.8 Å². The van der Waals surface area contributed by atoms with Gasteiger partial charge in [0.05, 0.1) is 19.2 Å². The molecule has 9 heteroatoms. The van der Waals surface area contributed by atoms with Gasteiger partial charge in [0.2, 0.25) is 10.0 Å². The monoisotopic (exact) mass is 378 g/mol. The summed E-state index contributed by atoms with van der Waals surface area (Å²) < 4.78 is 36.7. The van der Waals surface area contributed by atoms with Crippen LogP contribution in [0.2, 0.25) is 0 Å². The second-order valence-corrected chi connectivity index (χ2v) is 7.77. The highest BCUT2D eigenvalue weighted by atomic mass is 79.9. The smallest absolute Gasteiger partial charge is 0.265 e. The molecule has 0 aliphatic rings. The molecule has 0 fully saturated rings. The molecule has 0 radical (unpaired) electrons. The maximum Gasteiger partial charge on any atom is 0.265 e. The molecule has 1 amide bonds. The number of carbonyl (C=O) groups excluding carboxylic acids is 1. The normalized spacial score (nSPS) is 11.3. The first kappa shape index (κ1) is 15.1. The summed E-state index contributed by atoms with van der Waals surface area (Å²) in [6, 6.07) is 6.18. The number of benzene rings is 1. The van der Waals surface area contributed by atoms with E-state index in [1.165, 1.54) is 11.3 Å². The van der Waals surface area contributed by atoms with Crippen molar-refractivity contribution in [1.82, 2.24) is 0 Å². The zero-order chi connectivity index (χ0) is 14.9. The molecule has 1 aromatic heterocycles. The Kier molecular flexibility index (Phi) is 4.23. The molecule has 0 atom stereocenters. The van der Waals surface area contributed by atoms with E-state index in [0.29, 0.717) is 4.88 Å². The van der Waals surface area contributed by atoms with Gasteiger partial charge in [-0.15, -0.1) is 11.3 Å². The van der Waals surface area contributed by atoms with E-state index < -0.39 is 21.7 Å². The summed E-state index contributed by atoms with van der Waals surface area (Å²) in [4.78, 5) is 12.0. The summed E-state index contributed by atoms with van der Waals surface area (Å²) in [6.45, 7) is 0. The third-order valence-electron chi connectivity index (χ3n) is 2.31. The van der Waals surface area contributed by atoms with Gasteiger partial charge in [-0.05, 0) is 46.3 Å². The molecule has 0 spiro atoms. The summed E-state index contributed by atoms with van der Waals surface area (Å²) in [6.07, 6.45) is 0. The molecule has 0 saturated heterocycles. The number of sulfonamides is 1. The fourth-order valence-corrected chi connectivity index (χ4v) is 3.22. The van der Waals surface area contributed by atoms with E-state index in [2.05, 4.69) is 21.2 Å². The molecule has 2 rings (SSSR count). The summed E-state index contributed by atoms with van der Waals surface area (Å²) in [5.74, 6) is -1.28. The maximum absolute atomic E-state index is 13.6. The molecule has 2 aromatic rings. The third-order valence-corrected chi connectivity index (χ3v) is 4.84. The summed E-state index contributed by atoms with van der Waals surface area (Å²) >= 11 is 4.38. The molecule has 0 saturated carbocycles. The van der Waals surface area contributed by atoms with Gasteiger partial charge in [-0.1, -0.05) is 0 Å². The van der Waals surface area contributed by atoms with Crippen molar-refractivity contribution in [3.63, 3.8) is 0 Å². The van der Waals surface area contributed by atoms with Crippen molar-refractivity contribution in [2.24, 2.45) is 5.14 Å². The van der Waals surface area contributed by atoms with Crippen molar-refractivity contribution in [1.29, 1.82) is 0 Å². The highest BCUT2D eigenvalue weighted by molar-refractivity contribution is 9.11. The molecule has 0 aliphatic carbocycles. The van der Waals surface area contributed by atoms with Crippen LogP contribution in [0.15, 0.2) is 39.0 Å². The van der Waals surface area contributed by atoms with E-state index in [-0.39, 0.29) is 10.6 Å². The van der Waals surface area contributed by atoms with Crippen LogP contribution in [0.4, 0.5) is 10.1 Å². The maximum atomic E-state index is 13.6. The predicted molar refractivity (Wildman–Crippen MR) is 77.7 cm³/mol. The molecule has 20 heavy (non-hydrogen) atoms. The highest BCUT2D eigenvalue weighted by Gasteiger charge is 2.15. The van der Waals surface area contributed by atoms with E-state index >= 15 is 0 Å². The topological polar surface area (TPSA) is 89.3 Å². The summed E-state index contributed by atoms with van der Waals surface area (Å²) in [7, 11) is -3.96. The Labute approximate surface area is 126 Å². The van der Waals surface area contributed by atoms with Crippen molar-refractivity contribution >= 4 is 48.9 Å². The summed E-state index contributed by atoms with van der Waals surface area (Å²) in [5.41, 5.74) is -0.244. The van der Waals surface area contributed by atoms with Gasteiger partial charge in [-0.3, -0.25) is 4.79 Å². The molecule has 3 N–H and O–H groups in total. The first-order chi connectivity index (χ1) is 9.27. The Hall–Kier alpha value is -1.29. The number of hydrogen-bond donors (Lipinski definition) is 2. The van der Waals surface area contributed by atoms with Gasteiger partial charge >= 0.3 is 0 Å². The lowest BCUT2D eigenvalue weighted by Crippen LogP contribution is -2.15. The van der Waals surface area contributed by atoms with Crippen LogP contribution in [-0.4, -0.2) is 14.3 Å². The van der Waals surface area contributed by atoms with Gasteiger partial charge in [0.1, 0.15) is 5.82 Å². The molecule has 0 unspecified atom stereocenters. The van der Waals surface area contributed by atoms with E-state index in [1.807, 2.05) is 0 Å². The lowest BCUT2D eigenvalue weighted by atomic mass is 10.3. The number of hydrogen-bond acceptors (Lipinski definition) is 4. The fourth-order valence-electron chi connectivity index (χ4n) is 1.40. The molecule has 106 valence electrons. The van der Waals surface area contributed by atoms with Crippen LogP contribution in [0.5, 0.6) is 0 Å². The van der Waals surface area contributed by atoms with Gasteiger partial charge in [0.15, 0.2) is 0 Å². The SMILES string of the molecule is NS(=O)(=O)c1ccc(F)c(NC(=O)c2ccc(Br)s2)c1. The Morgan fingerprint density at radius 1 is 1.30 bits per heavy atom. The van der Waals surface area contributed by atoms with E-state index in [4.69, 9.17) is 5.14 Å². The van der Waals surface area contributed by atoms with Crippen LogP contribution < -0.4 is 10.5 Å². The summed E-state index contributed by atoms with van der Waals surface area (Å²) in [5, 5.41) is 7.26. The number of rotatable bonds is 3. The predicted octanol–water partition coefficient (Wildman–Crippen LogP) is 2.55. The molecular weight excluding hydrogens is 371 g/mol. The number of amides is 1. The minimum Gasteiger partial charge on any atom is -0.319 e. The van der Waals surface area contributed by atoms with Crippen LogP contribution >= 0.6 is 27.3 Å². The molecule has 5 nitrogen and oxygen atoms in total. The van der Waals surface area contributed by atoms with Crippen molar-refractivity contribution in [2.45, 2.75) is 4.90 Å². The van der Waals surface area contributed by atoms with Gasteiger partial charge in [-0.25, -0.2) is 17.9 Å². The second kappa shape index (κ2) is 5.60. The lowest BCUT2D eigenvalue weighted by Gasteiger charge is -2.07. The molecule has 0 bridgehead atoms. The van der Waals surface area contributed by atoms with E-state index in [1.54, 1.807) is 12.1 Å². The Bertz CT molecular complexity index is 774. The zero-order valence-electron chi connectivity index (χ0n) is 9.76. The van der Waals surface area contributed by atoms with Crippen LogP contribution in [0.1, 0.15) is 9.67 Å². The quantitative estimate of drug-likeness (QED) is 0.859. The van der Waals surface area contributed by atoms with Crippen molar-refractivity contribution < 1.29 is 17.6 Å². The number of anilines is 1. The third kappa shape index (κ3) is 3.42. The Morgan fingerprint density at radius 2 is 2.00 bits per heavy atom. The minimum atomic E-state index is -3.96. The van der Waals surface area contributed by atoms with Crippen LogP contribution in [0.25, 0.3) is 0 Å². The molecular formula is C11H8BrFN2O3S2. The molecule has 1 heterocycles. The first-order valence-corrected chi connectivity index (χ1v) is 8.32. The highest BCUT2D eigenvalue weighted by Crippen LogP contribution is 2.24. The van der Waals surface area contributed by atoms with Crippen LogP contribution in [0, 0.1) is 5.82 Å². The van der Waals surface area contributed by atoms with E-state index in [0.717, 1.165) is 22.0 Å². The number of thiophene rings is 1. The Balaban J connectivity index is 2.31. The zero-order valence-corrected chi connectivity index (χ0v) is 13.0. The number of primary sulfonamides is 1. The van der Waals surface area contributed by atoms with Gasteiger partial charge in [0, 0.05) is 0 Å².